The van der Waals surface area contributed by atoms with E-state index in [4.69, 9.17) is 11.6 Å². The fourth-order valence-electron chi connectivity index (χ4n) is 3.04. The van der Waals surface area contributed by atoms with Crippen LogP contribution in [0.1, 0.15) is 5.56 Å². The third-order valence-corrected chi connectivity index (χ3v) is 6.59. The molecule has 1 aromatic heterocycles. The van der Waals surface area contributed by atoms with Crippen LogP contribution in [-0.4, -0.2) is 13.4 Å². The van der Waals surface area contributed by atoms with Gasteiger partial charge in [0.15, 0.2) is 0 Å². The van der Waals surface area contributed by atoms with Gasteiger partial charge in [0.05, 0.1) is 21.0 Å². The van der Waals surface area contributed by atoms with Crippen molar-refractivity contribution in [2.45, 2.75) is 16.7 Å². The highest BCUT2D eigenvalue weighted by Crippen LogP contribution is 2.34. The van der Waals surface area contributed by atoms with Crippen LogP contribution < -0.4 is 0 Å². The predicted molar refractivity (Wildman–Crippen MR) is 109 cm³/mol. The molecule has 0 unspecified atom stereocenters. The molecule has 4 rings (SSSR count). The first-order chi connectivity index (χ1) is 13.8. The number of aryl methyl sites for hydroxylation is 1. The second-order valence-electron chi connectivity index (χ2n) is 6.60. The fraction of sp³-hybridized carbons (Fsp3) is 0.0455. The summed E-state index contributed by atoms with van der Waals surface area (Å²) in [5.41, 5.74) is 1.21. The Hall–Kier alpha value is -2.83. The van der Waals surface area contributed by atoms with Crippen LogP contribution in [0, 0.1) is 18.6 Å². The molecule has 7 heteroatoms. The third kappa shape index (κ3) is 3.61. The van der Waals surface area contributed by atoms with Gasteiger partial charge in [-0.25, -0.2) is 22.2 Å². The summed E-state index contributed by atoms with van der Waals surface area (Å²) in [5.74, 6) is -1.11. The van der Waals surface area contributed by atoms with Gasteiger partial charge in [0.25, 0.3) is 0 Å². The minimum atomic E-state index is -4.11. The van der Waals surface area contributed by atoms with E-state index in [1.807, 2.05) is 0 Å². The van der Waals surface area contributed by atoms with Crippen LogP contribution in [0.3, 0.4) is 0 Å². The van der Waals surface area contributed by atoms with Gasteiger partial charge in [0.2, 0.25) is 9.84 Å². The van der Waals surface area contributed by atoms with Crippen LogP contribution in [0.4, 0.5) is 8.78 Å². The third-order valence-electron chi connectivity index (χ3n) is 4.59. The molecule has 0 amide bonds. The van der Waals surface area contributed by atoms with E-state index in [1.165, 1.54) is 36.4 Å². The van der Waals surface area contributed by atoms with E-state index in [-0.39, 0.29) is 15.5 Å². The van der Waals surface area contributed by atoms with Gasteiger partial charge < -0.3 is 0 Å². The summed E-state index contributed by atoms with van der Waals surface area (Å²) in [4.78, 5) is 4.11. The lowest BCUT2D eigenvalue weighted by Crippen LogP contribution is -2.07. The molecule has 1 heterocycles. The molecule has 4 aromatic rings. The summed E-state index contributed by atoms with van der Waals surface area (Å²) in [6.07, 6.45) is 0. The van der Waals surface area contributed by atoms with Crippen molar-refractivity contribution in [1.82, 2.24) is 4.98 Å². The van der Waals surface area contributed by atoms with Crippen LogP contribution >= 0.6 is 11.6 Å². The van der Waals surface area contributed by atoms with Gasteiger partial charge >= 0.3 is 0 Å². The van der Waals surface area contributed by atoms with Gasteiger partial charge in [0, 0.05) is 22.0 Å². The van der Waals surface area contributed by atoms with Crippen LogP contribution in [0.5, 0.6) is 0 Å². The van der Waals surface area contributed by atoms with E-state index in [9.17, 15) is 17.2 Å². The van der Waals surface area contributed by atoms with Gasteiger partial charge in [0.1, 0.15) is 11.6 Å². The number of pyridine rings is 1. The fourth-order valence-corrected chi connectivity index (χ4v) is 4.69. The highest BCUT2D eigenvalue weighted by molar-refractivity contribution is 7.91. The Balaban J connectivity index is 2.05. The number of nitrogens with zero attached hydrogens (tertiary/aromatic N) is 1. The molecule has 0 saturated carbocycles. The number of sulfone groups is 1. The summed E-state index contributed by atoms with van der Waals surface area (Å²) >= 11 is 6.07. The lowest BCUT2D eigenvalue weighted by Gasteiger charge is -2.13. The summed E-state index contributed by atoms with van der Waals surface area (Å²) < 4.78 is 54.5. The first-order valence-electron chi connectivity index (χ1n) is 8.63. The Morgan fingerprint density at radius 3 is 2.45 bits per heavy atom. The summed E-state index contributed by atoms with van der Waals surface area (Å²) in [5, 5.41) is 0.844. The topological polar surface area (TPSA) is 47.0 Å². The Bertz CT molecular complexity index is 1370. The van der Waals surface area contributed by atoms with Gasteiger partial charge in [-0.15, -0.1) is 0 Å². The minimum absolute atomic E-state index is 0.109. The number of benzene rings is 3. The molecule has 0 radical (unpaired) electrons. The van der Waals surface area contributed by atoms with Crippen LogP contribution in [-0.2, 0) is 9.84 Å². The molecule has 0 aliphatic rings. The number of hydrogen-bond donors (Lipinski definition) is 0. The normalized spacial score (nSPS) is 11.7. The van der Waals surface area contributed by atoms with Gasteiger partial charge in [-0.05, 0) is 55.0 Å². The molecule has 29 heavy (non-hydrogen) atoms. The zero-order chi connectivity index (χ0) is 20.8. The van der Waals surface area contributed by atoms with E-state index in [0.717, 1.165) is 6.07 Å². The highest BCUT2D eigenvalue weighted by Gasteiger charge is 2.25. The van der Waals surface area contributed by atoms with Crippen molar-refractivity contribution in [1.29, 1.82) is 0 Å². The average molecular weight is 430 g/mol. The minimum Gasteiger partial charge on any atom is -0.246 e. The van der Waals surface area contributed by atoms with Gasteiger partial charge in [-0.1, -0.05) is 29.8 Å². The first kappa shape index (κ1) is 19.5. The monoisotopic (exact) mass is 429 g/mol. The van der Waals surface area contributed by atoms with Crippen molar-refractivity contribution in [3.05, 3.63) is 89.0 Å². The summed E-state index contributed by atoms with van der Waals surface area (Å²) in [6, 6.07) is 15.6. The van der Waals surface area contributed by atoms with Gasteiger partial charge in [-0.2, -0.15) is 0 Å². The van der Waals surface area contributed by atoms with Crippen LogP contribution in [0.25, 0.3) is 22.2 Å². The smallest absolute Gasteiger partial charge is 0.208 e. The molecular weight excluding hydrogens is 416 g/mol. The SMILES string of the molecule is Cc1ccc(S(=O)(=O)c2cc3ccc(F)cc3nc2-c2cccc(Cl)c2)cc1F. The number of fused-ring (bicyclic) bond motifs is 1. The quantitative estimate of drug-likeness (QED) is 0.402. The molecule has 0 saturated heterocycles. The van der Waals surface area contributed by atoms with E-state index in [0.29, 0.717) is 27.1 Å². The zero-order valence-corrected chi connectivity index (χ0v) is 16.7. The predicted octanol–water partition coefficient (Wildman–Crippen LogP) is 5.97. The molecule has 0 N–H and O–H groups in total. The standard InChI is InChI=1S/C22H14ClF2NO2S/c1-13-5-8-18(12-19(13)25)29(27,28)21-10-14-6-7-17(24)11-20(14)26-22(21)15-3-2-4-16(23)9-15/h2-12H,1H3. The zero-order valence-electron chi connectivity index (χ0n) is 15.2. The van der Waals surface area contributed by atoms with E-state index >= 15 is 0 Å². The van der Waals surface area contributed by atoms with Crippen molar-refractivity contribution < 1.29 is 17.2 Å². The van der Waals surface area contributed by atoms with Gasteiger partial charge in [-0.3, -0.25) is 0 Å². The van der Waals surface area contributed by atoms with E-state index in [1.54, 1.807) is 31.2 Å². The molecule has 3 aromatic carbocycles. The number of aromatic nitrogens is 1. The Kier molecular flexibility index (Phi) is 4.84. The van der Waals surface area contributed by atoms with Crippen LogP contribution in [0.15, 0.2) is 76.5 Å². The largest absolute Gasteiger partial charge is 0.246 e. The molecule has 0 fully saturated rings. The van der Waals surface area contributed by atoms with Crippen molar-refractivity contribution in [3.8, 4) is 11.3 Å². The molecule has 0 atom stereocenters. The number of halogens is 3. The Morgan fingerprint density at radius 2 is 1.72 bits per heavy atom. The Morgan fingerprint density at radius 1 is 0.931 bits per heavy atom. The molecule has 146 valence electrons. The summed E-state index contributed by atoms with van der Waals surface area (Å²) in [6.45, 7) is 1.55. The molecule has 3 nitrogen and oxygen atoms in total. The van der Waals surface area contributed by atoms with Crippen molar-refractivity contribution in [3.63, 3.8) is 0 Å². The number of hydrogen-bond acceptors (Lipinski definition) is 3. The second-order valence-corrected chi connectivity index (χ2v) is 8.95. The van der Waals surface area contributed by atoms with Crippen molar-refractivity contribution >= 4 is 32.3 Å². The average Bonchev–Trinajstić information content (AvgIpc) is 2.69. The van der Waals surface area contributed by atoms with Crippen molar-refractivity contribution in [2.24, 2.45) is 0 Å². The van der Waals surface area contributed by atoms with E-state index < -0.39 is 21.5 Å². The second kappa shape index (κ2) is 7.21. The van der Waals surface area contributed by atoms with Crippen molar-refractivity contribution in [2.75, 3.05) is 0 Å². The Labute approximate surface area is 171 Å². The molecule has 0 aliphatic carbocycles. The molecule has 0 spiro atoms. The highest BCUT2D eigenvalue weighted by atomic mass is 35.5. The lowest BCUT2D eigenvalue weighted by molar-refractivity contribution is 0.589. The first-order valence-corrected chi connectivity index (χ1v) is 10.5. The number of rotatable bonds is 3. The molecular formula is C22H14ClF2NO2S. The summed E-state index contributed by atoms with van der Waals surface area (Å²) in [7, 11) is -4.11. The van der Waals surface area contributed by atoms with E-state index in [2.05, 4.69) is 4.98 Å². The maximum atomic E-state index is 14.1. The maximum absolute atomic E-state index is 14.1. The molecule has 0 bridgehead atoms. The lowest BCUT2D eigenvalue weighted by atomic mass is 10.1. The molecule has 0 aliphatic heterocycles. The van der Waals surface area contributed by atoms with Crippen LogP contribution in [0.2, 0.25) is 5.02 Å². The maximum Gasteiger partial charge on any atom is 0.208 e.